The van der Waals surface area contributed by atoms with Gasteiger partial charge in [-0.3, -0.25) is 0 Å². The van der Waals surface area contributed by atoms with Crippen LogP contribution in [0.3, 0.4) is 0 Å². The van der Waals surface area contributed by atoms with Crippen LogP contribution in [0.1, 0.15) is 13.3 Å². The Labute approximate surface area is 138 Å². The summed E-state index contributed by atoms with van der Waals surface area (Å²) in [6.45, 7) is 3.01. The minimum atomic E-state index is -4.27. The molecular weight excluding hydrogens is 322 g/mol. The van der Waals surface area contributed by atoms with E-state index >= 15 is 0 Å². The molecule has 1 aromatic heterocycles. The Kier molecular flexibility index (Phi) is 4.71. The highest BCUT2D eigenvalue weighted by atomic mass is 19.4. The van der Waals surface area contributed by atoms with Crippen molar-refractivity contribution >= 4 is 16.6 Å². The van der Waals surface area contributed by atoms with Crippen molar-refractivity contribution < 1.29 is 17.6 Å². The van der Waals surface area contributed by atoms with E-state index < -0.39 is 18.9 Å². The predicted octanol–water partition coefficient (Wildman–Crippen LogP) is 4.05. The molecule has 0 amide bonds. The second-order valence-electron chi connectivity index (χ2n) is 6.25. The molecule has 3 nitrogen and oxygen atoms in total. The van der Waals surface area contributed by atoms with Gasteiger partial charge in [-0.05, 0) is 31.2 Å². The zero-order chi connectivity index (χ0) is 17.3. The fourth-order valence-corrected chi connectivity index (χ4v) is 3.30. The van der Waals surface area contributed by atoms with Crippen LogP contribution in [-0.4, -0.2) is 47.5 Å². The Morgan fingerprint density at radius 1 is 1.25 bits per heavy atom. The lowest BCUT2D eigenvalue weighted by atomic mass is 10.0. The standard InChI is InChI=1S/C17H21F4N3/c1-2-23-8-7-15(13(18)10-23)22-14-4-3-5-16-12(14)6-9-24(16)11-17(19,20)21/h3-6,9,13,15,22H,2,7-8,10-11H2,1H3/t13-,15+/m0/s1. The first kappa shape index (κ1) is 17.1. The molecule has 1 N–H and O–H groups in total. The highest BCUT2D eigenvalue weighted by Gasteiger charge is 2.30. The molecule has 0 saturated carbocycles. The number of rotatable bonds is 4. The van der Waals surface area contributed by atoms with Crippen molar-refractivity contribution in [3.05, 3.63) is 30.5 Å². The van der Waals surface area contributed by atoms with Crippen molar-refractivity contribution in [2.45, 2.75) is 38.3 Å². The number of piperidine rings is 1. The summed E-state index contributed by atoms with van der Waals surface area (Å²) >= 11 is 0. The summed E-state index contributed by atoms with van der Waals surface area (Å²) in [5.41, 5.74) is 1.18. The van der Waals surface area contributed by atoms with Gasteiger partial charge in [-0.2, -0.15) is 13.2 Å². The molecule has 1 fully saturated rings. The molecule has 1 aliphatic rings. The van der Waals surface area contributed by atoms with Gasteiger partial charge in [0.15, 0.2) is 0 Å². The van der Waals surface area contributed by atoms with Gasteiger partial charge in [0.2, 0.25) is 0 Å². The number of benzene rings is 1. The number of nitrogens with one attached hydrogen (secondary N) is 1. The third-order valence-electron chi connectivity index (χ3n) is 4.58. The maximum Gasteiger partial charge on any atom is 0.406 e. The fraction of sp³-hybridized carbons (Fsp3) is 0.529. The largest absolute Gasteiger partial charge is 0.406 e. The number of alkyl halides is 4. The third-order valence-corrected chi connectivity index (χ3v) is 4.58. The van der Waals surface area contributed by atoms with Gasteiger partial charge in [0.25, 0.3) is 0 Å². The highest BCUT2D eigenvalue weighted by Crippen LogP contribution is 2.29. The summed E-state index contributed by atoms with van der Waals surface area (Å²) < 4.78 is 53.5. The van der Waals surface area contributed by atoms with Crippen LogP contribution in [0.15, 0.2) is 30.5 Å². The molecule has 0 radical (unpaired) electrons. The highest BCUT2D eigenvalue weighted by molar-refractivity contribution is 5.92. The van der Waals surface area contributed by atoms with Crippen molar-refractivity contribution in [2.75, 3.05) is 25.0 Å². The number of likely N-dealkylation sites (tertiary alicyclic amines) is 1. The Morgan fingerprint density at radius 2 is 2.04 bits per heavy atom. The van der Waals surface area contributed by atoms with E-state index in [1.807, 2.05) is 6.92 Å². The molecular formula is C17H21F4N3. The molecule has 2 atom stereocenters. The summed E-state index contributed by atoms with van der Waals surface area (Å²) in [5, 5.41) is 3.89. The molecule has 0 spiro atoms. The molecule has 24 heavy (non-hydrogen) atoms. The van der Waals surface area contributed by atoms with Gasteiger partial charge in [0.1, 0.15) is 12.7 Å². The van der Waals surface area contributed by atoms with E-state index in [2.05, 4.69) is 10.2 Å². The molecule has 1 aromatic carbocycles. The average molecular weight is 343 g/mol. The summed E-state index contributed by atoms with van der Waals surface area (Å²) in [4.78, 5) is 2.06. The summed E-state index contributed by atoms with van der Waals surface area (Å²) in [6.07, 6.45) is -3.16. The average Bonchev–Trinajstić information content (AvgIpc) is 2.91. The Hall–Kier alpha value is -1.76. The molecule has 7 heteroatoms. The van der Waals surface area contributed by atoms with E-state index in [0.29, 0.717) is 29.6 Å². The zero-order valence-corrected chi connectivity index (χ0v) is 13.5. The second-order valence-corrected chi connectivity index (χ2v) is 6.25. The topological polar surface area (TPSA) is 20.2 Å². The number of aromatic nitrogens is 1. The first-order valence-electron chi connectivity index (χ1n) is 8.15. The van der Waals surface area contributed by atoms with Crippen LogP contribution in [0, 0.1) is 0 Å². The zero-order valence-electron chi connectivity index (χ0n) is 13.5. The lowest BCUT2D eigenvalue weighted by Crippen LogP contribution is -2.47. The van der Waals surface area contributed by atoms with Gasteiger partial charge < -0.3 is 14.8 Å². The number of fused-ring (bicyclic) bond motifs is 1. The lowest BCUT2D eigenvalue weighted by molar-refractivity contribution is -0.139. The Balaban J connectivity index is 1.81. The van der Waals surface area contributed by atoms with Crippen LogP contribution in [-0.2, 0) is 6.54 Å². The van der Waals surface area contributed by atoms with Crippen molar-refractivity contribution in [3.63, 3.8) is 0 Å². The molecule has 3 rings (SSSR count). The van der Waals surface area contributed by atoms with Gasteiger partial charge >= 0.3 is 6.18 Å². The minimum absolute atomic E-state index is 0.315. The first-order valence-corrected chi connectivity index (χ1v) is 8.15. The number of halogens is 4. The van der Waals surface area contributed by atoms with Crippen molar-refractivity contribution in [2.24, 2.45) is 0 Å². The van der Waals surface area contributed by atoms with Crippen molar-refractivity contribution in [1.82, 2.24) is 9.47 Å². The van der Waals surface area contributed by atoms with E-state index in [-0.39, 0.29) is 6.04 Å². The third kappa shape index (κ3) is 3.66. The molecule has 0 bridgehead atoms. The van der Waals surface area contributed by atoms with Gasteiger partial charge in [-0.15, -0.1) is 0 Å². The lowest BCUT2D eigenvalue weighted by Gasteiger charge is -2.35. The molecule has 2 heterocycles. The van der Waals surface area contributed by atoms with Crippen LogP contribution in [0.5, 0.6) is 0 Å². The second kappa shape index (κ2) is 6.63. The van der Waals surface area contributed by atoms with Gasteiger partial charge in [-0.1, -0.05) is 13.0 Å². The quantitative estimate of drug-likeness (QED) is 0.845. The SMILES string of the molecule is CCN1CC[C@@H](Nc2cccc3c2ccn3CC(F)(F)F)[C@@H](F)C1. The van der Waals surface area contributed by atoms with Crippen molar-refractivity contribution in [1.29, 1.82) is 0 Å². The Bertz CT molecular complexity index is 695. The van der Waals surface area contributed by atoms with Gasteiger partial charge in [0.05, 0.1) is 11.6 Å². The monoisotopic (exact) mass is 343 g/mol. The van der Waals surface area contributed by atoms with E-state index in [0.717, 1.165) is 13.1 Å². The van der Waals surface area contributed by atoms with Crippen LogP contribution in [0.4, 0.5) is 23.2 Å². The van der Waals surface area contributed by atoms with Crippen LogP contribution in [0.2, 0.25) is 0 Å². The molecule has 132 valence electrons. The summed E-state index contributed by atoms with van der Waals surface area (Å²) in [5.74, 6) is 0. The van der Waals surface area contributed by atoms with E-state index in [1.54, 1.807) is 24.3 Å². The predicted molar refractivity (Wildman–Crippen MR) is 87.0 cm³/mol. The number of hydrogen-bond acceptors (Lipinski definition) is 2. The first-order chi connectivity index (χ1) is 11.4. The molecule has 0 unspecified atom stereocenters. The number of nitrogens with zero attached hydrogens (tertiary/aromatic N) is 2. The van der Waals surface area contributed by atoms with Crippen molar-refractivity contribution in [3.8, 4) is 0 Å². The van der Waals surface area contributed by atoms with Crippen LogP contribution in [0.25, 0.3) is 10.9 Å². The van der Waals surface area contributed by atoms with Crippen LogP contribution < -0.4 is 5.32 Å². The Morgan fingerprint density at radius 3 is 2.71 bits per heavy atom. The van der Waals surface area contributed by atoms with E-state index in [1.165, 1.54) is 10.8 Å². The smallest absolute Gasteiger partial charge is 0.379 e. The molecule has 2 aromatic rings. The number of hydrogen-bond donors (Lipinski definition) is 1. The number of anilines is 1. The van der Waals surface area contributed by atoms with Gasteiger partial charge in [0, 0.05) is 30.4 Å². The maximum atomic E-state index is 14.3. The van der Waals surface area contributed by atoms with Crippen LogP contribution >= 0.6 is 0 Å². The minimum Gasteiger partial charge on any atom is -0.379 e. The summed E-state index contributed by atoms with van der Waals surface area (Å²) in [7, 11) is 0. The van der Waals surface area contributed by atoms with E-state index in [9.17, 15) is 17.6 Å². The maximum absolute atomic E-state index is 14.3. The molecule has 0 aliphatic carbocycles. The van der Waals surface area contributed by atoms with E-state index in [4.69, 9.17) is 0 Å². The molecule has 1 saturated heterocycles. The normalized spacial score (nSPS) is 22.9. The fourth-order valence-electron chi connectivity index (χ4n) is 3.30. The molecule has 1 aliphatic heterocycles. The van der Waals surface area contributed by atoms with Gasteiger partial charge in [-0.25, -0.2) is 4.39 Å². The summed E-state index contributed by atoms with van der Waals surface area (Å²) in [6, 6.07) is 6.48.